The largest absolute Gasteiger partial charge is 0.486 e. The standard InChI is InChI=1S/C22H17ClFN3O3/c23-15-2-1-3-16(24)20(15)21-22(27-7-6-13(12-28)10-19(27)26-21)25-14-4-5-17-18(11-14)30-9-8-29-17/h1-7,10-11,21,28H,8-9,12H2/p+1. The van der Waals surface area contributed by atoms with Gasteiger partial charge in [-0.05, 0) is 35.9 Å². The fraction of sp³-hybridized carbons (Fsp3) is 0.182. The number of pyridine rings is 1. The van der Waals surface area contributed by atoms with Gasteiger partial charge in [0.25, 0.3) is 5.84 Å². The first-order valence-electron chi connectivity index (χ1n) is 9.48. The fourth-order valence-corrected chi connectivity index (χ4v) is 3.92. The van der Waals surface area contributed by atoms with Gasteiger partial charge in [0.05, 0.1) is 23.4 Å². The van der Waals surface area contributed by atoms with E-state index in [1.54, 1.807) is 36.5 Å². The zero-order valence-electron chi connectivity index (χ0n) is 15.8. The molecule has 3 heterocycles. The van der Waals surface area contributed by atoms with Crippen molar-refractivity contribution >= 4 is 28.9 Å². The lowest BCUT2D eigenvalue weighted by molar-refractivity contribution is -0.535. The average Bonchev–Trinajstić information content (AvgIpc) is 3.10. The molecule has 2 aliphatic heterocycles. The summed E-state index contributed by atoms with van der Waals surface area (Å²) in [5.74, 6) is 2.10. The summed E-state index contributed by atoms with van der Waals surface area (Å²) in [6.07, 6.45) is 1.79. The molecule has 2 N–H and O–H groups in total. The van der Waals surface area contributed by atoms with Crippen molar-refractivity contribution in [3.63, 3.8) is 0 Å². The highest BCUT2D eigenvalue weighted by Crippen LogP contribution is 2.36. The van der Waals surface area contributed by atoms with E-state index in [1.807, 2.05) is 16.7 Å². The Morgan fingerprint density at radius 1 is 1.13 bits per heavy atom. The number of aliphatic hydroxyl groups is 1. The Morgan fingerprint density at radius 2 is 1.97 bits per heavy atom. The average molecular weight is 427 g/mol. The molecule has 6 nitrogen and oxygen atoms in total. The van der Waals surface area contributed by atoms with Crippen LogP contribution in [0.25, 0.3) is 0 Å². The lowest BCUT2D eigenvalue weighted by Crippen LogP contribution is -2.41. The predicted octanol–water partition coefficient (Wildman–Crippen LogP) is 3.78. The van der Waals surface area contributed by atoms with E-state index >= 15 is 0 Å². The third-order valence-electron chi connectivity index (χ3n) is 5.06. The Morgan fingerprint density at radius 3 is 2.77 bits per heavy atom. The van der Waals surface area contributed by atoms with Crippen LogP contribution in [0.5, 0.6) is 11.5 Å². The summed E-state index contributed by atoms with van der Waals surface area (Å²) in [5.41, 5.74) is 1.68. The molecular weight excluding hydrogens is 409 g/mol. The van der Waals surface area contributed by atoms with E-state index in [1.165, 1.54) is 6.07 Å². The first kappa shape index (κ1) is 18.8. The second-order valence-electron chi connectivity index (χ2n) is 6.96. The van der Waals surface area contributed by atoms with Gasteiger partial charge in [0, 0.05) is 12.1 Å². The smallest absolute Gasteiger partial charge is 0.285 e. The summed E-state index contributed by atoms with van der Waals surface area (Å²) in [7, 11) is 0. The molecule has 1 unspecified atom stereocenters. The Labute approximate surface area is 177 Å². The van der Waals surface area contributed by atoms with Crippen molar-refractivity contribution in [2.24, 2.45) is 4.99 Å². The third kappa shape index (κ3) is 3.26. The van der Waals surface area contributed by atoms with Crippen molar-refractivity contribution in [3.05, 3.63) is 76.7 Å². The van der Waals surface area contributed by atoms with E-state index in [9.17, 15) is 9.50 Å². The Kier molecular flexibility index (Phi) is 4.77. The van der Waals surface area contributed by atoms with Gasteiger partial charge < -0.3 is 14.6 Å². The fourth-order valence-electron chi connectivity index (χ4n) is 3.64. The molecule has 1 atom stereocenters. The summed E-state index contributed by atoms with van der Waals surface area (Å²) in [6.45, 7) is 0.883. The third-order valence-corrected chi connectivity index (χ3v) is 5.39. The second kappa shape index (κ2) is 7.59. The SMILES string of the molecule is OCc1cc[n+]2c(c1)NC(c1c(F)cccc1Cl)C2=Nc1ccc2c(c1)OCCO2. The van der Waals surface area contributed by atoms with Gasteiger partial charge in [0.2, 0.25) is 5.82 Å². The van der Waals surface area contributed by atoms with Crippen molar-refractivity contribution in [3.8, 4) is 11.5 Å². The van der Waals surface area contributed by atoms with Gasteiger partial charge in [-0.2, -0.15) is 0 Å². The summed E-state index contributed by atoms with van der Waals surface area (Å²) in [4.78, 5) is 4.80. The number of nitrogens with one attached hydrogen (secondary N) is 1. The Balaban J connectivity index is 1.65. The minimum absolute atomic E-state index is 0.102. The molecule has 3 aromatic rings. The number of anilines is 1. The molecule has 152 valence electrons. The predicted molar refractivity (Wildman–Crippen MR) is 110 cm³/mol. The van der Waals surface area contributed by atoms with E-state index in [4.69, 9.17) is 26.1 Å². The normalized spacial score (nSPS) is 18.2. The molecule has 0 spiro atoms. The molecule has 0 fully saturated rings. The van der Waals surface area contributed by atoms with Crippen LogP contribution in [0.3, 0.4) is 0 Å². The molecule has 2 aliphatic rings. The van der Waals surface area contributed by atoms with Crippen LogP contribution in [-0.4, -0.2) is 24.2 Å². The highest BCUT2D eigenvalue weighted by molar-refractivity contribution is 6.31. The minimum atomic E-state index is -0.610. The van der Waals surface area contributed by atoms with Crippen molar-refractivity contribution in [2.75, 3.05) is 18.5 Å². The summed E-state index contributed by atoms with van der Waals surface area (Å²) >= 11 is 6.35. The van der Waals surface area contributed by atoms with Crippen LogP contribution in [0, 0.1) is 5.82 Å². The molecule has 5 rings (SSSR count). The number of hydrogen-bond acceptors (Lipinski definition) is 5. The highest BCUT2D eigenvalue weighted by Gasteiger charge is 2.39. The van der Waals surface area contributed by atoms with Gasteiger partial charge in [0.1, 0.15) is 24.7 Å². The molecule has 8 heteroatoms. The number of aliphatic imine (C=N–C) groups is 1. The van der Waals surface area contributed by atoms with Crippen molar-refractivity contribution < 1.29 is 23.5 Å². The quantitative estimate of drug-likeness (QED) is 0.625. The molecule has 0 saturated heterocycles. The van der Waals surface area contributed by atoms with Crippen LogP contribution in [-0.2, 0) is 6.61 Å². The summed E-state index contributed by atoms with van der Waals surface area (Å²) < 4.78 is 27.8. The summed E-state index contributed by atoms with van der Waals surface area (Å²) in [6, 6.07) is 13.0. The maximum absolute atomic E-state index is 14.7. The highest BCUT2D eigenvalue weighted by atomic mass is 35.5. The molecule has 0 saturated carbocycles. The van der Waals surface area contributed by atoms with E-state index < -0.39 is 11.9 Å². The Bertz CT molecular complexity index is 1150. The Hall–Kier alpha value is -3.16. The van der Waals surface area contributed by atoms with Crippen LogP contribution >= 0.6 is 11.6 Å². The zero-order valence-corrected chi connectivity index (χ0v) is 16.6. The van der Waals surface area contributed by atoms with E-state index in [0.717, 1.165) is 5.56 Å². The maximum Gasteiger partial charge on any atom is 0.285 e. The van der Waals surface area contributed by atoms with Crippen molar-refractivity contribution in [1.82, 2.24) is 0 Å². The van der Waals surface area contributed by atoms with Crippen LogP contribution < -0.4 is 19.4 Å². The first-order chi connectivity index (χ1) is 14.6. The van der Waals surface area contributed by atoms with Crippen LogP contribution in [0.1, 0.15) is 17.2 Å². The van der Waals surface area contributed by atoms with Gasteiger partial charge in [-0.25, -0.2) is 8.96 Å². The lowest BCUT2D eigenvalue weighted by Gasteiger charge is -2.17. The number of fused-ring (bicyclic) bond motifs is 2. The first-order valence-corrected chi connectivity index (χ1v) is 9.86. The molecule has 2 aromatic carbocycles. The number of rotatable bonds is 3. The van der Waals surface area contributed by atoms with Gasteiger partial charge in [-0.15, -0.1) is 4.99 Å². The van der Waals surface area contributed by atoms with Crippen LogP contribution in [0.15, 0.2) is 59.7 Å². The molecule has 0 radical (unpaired) electrons. The molecule has 0 bridgehead atoms. The molecule has 1 aromatic heterocycles. The molecule has 0 aliphatic carbocycles. The number of ether oxygens (including phenoxy) is 2. The number of benzene rings is 2. The minimum Gasteiger partial charge on any atom is -0.486 e. The number of halogens is 2. The van der Waals surface area contributed by atoms with Crippen LogP contribution in [0.4, 0.5) is 15.9 Å². The van der Waals surface area contributed by atoms with E-state index in [0.29, 0.717) is 52.6 Å². The number of aliphatic hydroxyl groups excluding tert-OH is 1. The summed E-state index contributed by atoms with van der Waals surface area (Å²) in [5, 5.41) is 13.1. The lowest BCUT2D eigenvalue weighted by atomic mass is 10.1. The van der Waals surface area contributed by atoms with Crippen molar-refractivity contribution in [2.45, 2.75) is 12.6 Å². The van der Waals surface area contributed by atoms with E-state index in [-0.39, 0.29) is 6.61 Å². The molecule has 30 heavy (non-hydrogen) atoms. The van der Waals surface area contributed by atoms with Gasteiger partial charge in [0.15, 0.2) is 17.5 Å². The van der Waals surface area contributed by atoms with E-state index in [2.05, 4.69) is 5.32 Å². The number of aromatic nitrogens is 1. The zero-order chi connectivity index (χ0) is 20.7. The van der Waals surface area contributed by atoms with Gasteiger partial charge in [-0.1, -0.05) is 17.7 Å². The van der Waals surface area contributed by atoms with Gasteiger partial charge >= 0.3 is 0 Å². The van der Waals surface area contributed by atoms with Crippen molar-refractivity contribution in [1.29, 1.82) is 0 Å². The van der Waals surface area contributed by atoms with Gasteiger partial charge in [-0.3, -0.25) is 5.32 Å². The monoisotopic (exact) mass is 426 g/mol. The second-order valence-corrected chi connectivity index (χ2v) is 7.37. The number of hydrogen-bond donors (Lipinski definition) is 2. The molecule has 0 amide bonds. The number of nitrogens with zero attached hydrogens (tertiary/aromatic N) is 2. The van der Waals surface area contributed by atoms with Crippen LogP contribution in [0.2, 0.25) is 5.02 Å². The molecular formula is C22H18ClFN3O3+. The maximum atomic E-state index is 14.7. The topological polar surface area (TPSA) is 67.0 Å².